The molecule has 2 aliphatic rings. The molecule has 1 aromatic heterocycles. The summed E-state index contributed by atoms with van der Waals surface area (Å²) >= 11 is 0. The molecule has 0 radical (unpaired) electrons. The molecule has 0 unspecified atom stereocenters. The van der Waals surface area contributed by atoms with E-state index in [0.717, 1.165) is 31.7 Å². The van der Waals surface area contributed by atoms with E-state index in [4.69, 9.17) is 4.42 Å². The van der Waals surface area contributed by atoms with Crippen LogP contribution in [0.4, 0.5) is 4.79 Å². The van der Waals surface area contributed by atoms with Crippen LogP contribution in [0, 0.1) is 5.92 Å². The Morgan fingerprint density at radius 1 is 1.19 bits per heavy atom. The fraction of sp³-hybridized carbons (Fsp3) is 0.700. The first-order chi connectivity index (χ1) is 13.0. The van der Waals surface area contributed by atoms with Gasteiger partial charge in [-0.25, -0.2) is 4.79 Å². The van der Waals surface area contributed by atoms with Crippen molar-refractivity contribution in [1.82, 2.24) is 20.4 Å². The summed E-state index contributed by atoms with van der Waals surface area (Å²) < 4.78 is 5.33. The van der Waals surface area contributed by atoms with Crippen LogP contribution >= 0.6 is 0 Å². The van der Waals surface area contributed by atoms with E-state index in [1.807, 2.05) is 30.9 Å². The summed E-state index contributed by atoms with van der Waals surface area (Å²) in [6, 6.07) is 3.71. The number of piperazine rings is 1. The topological polar surface area (TPSA) is 77.8 Å². The number of urea groups is 1. The number of rotatable bonds is 6. The quantitative estimate of drug-likeness (QED) is 0.798. The van der Waals surface area contributed by atoms with Crippen LogP contribution in [0.3, 0.4) is 0 Å². The highest BCUT2D eigenvalue weighted by Crippen LogP contribution is 2.31. The van der Waals surface area contributed by atoms with Gasteiger partial charge in [0.05, 0.1) is 18.8 Å². The van der Waals surface area contributed by atoms with E-state index in [2.05, 4.69) is 15.5 Å². The smallest absolute Gasteiger partial charge is 0.317 e. The minimum atomic E-state index is -0.113. The molecular weight excluding hydrogens is 344 g/mol. The van der Waals surface area contributed by atoms with Crippen molar-refractivity contribution in [3.05, 3.63) is 24.2 Å². The number of hydrogen-bond acceptors (Lipinski definition) is 4. The summed E-state index contributed by atoms with van der Waals surface area (Å²) in [6.45, 7) is 7.15. The van der Waals surface area contributed by atoms with Crippen LogP contribution in [0.2, 0.25) is 0 Å². The highest BCUT2D eigenvalue weighted by molar-refractivity contribution is 5.82. The van der Waals surface area contributed by atoms with Crippen molar-refractivity contribution < 1.29 is 14.0 Å². The molecular formula is C20H32N4O3. The normalized spacial score (nSPS) is 20.0. The molecule has 150 valence electrons. The van der Waals surface area contributed by atoms with Crippen molar-refractivity contribution in [2.24, 2.45) is 5.92 Å². The van der Waals surface area contributed by atoms with Crippen molar-refractivity contribution in [2.45, 2.75) is 58.2 Å². The van der Waals surface area contributed by atoms with Gasteiger partial charge in [-0.2, -0.15) is 0 Å². The van der Waals surface area contributed by atoms with E-state index in [1.54, 1.807) is 6.26 Å². The first kappa shape index (κ1) is 19.7. The average Bonchev–Trinajstić information content (AvgIpc) is 3.34. The first-order valence-electron chi connectivity index (χ1n) is 10.1. The number of amides is 3. The van der Waals surface area contributed by atoms with Gasteiger partial charge >= 0.3 is 6.03 Å². The Hall–Kier alpha value is -2.02. The van der Waals surface area contributed by atoms with Crippen molar-refractivity contribution in [1.29, 1.82) is 0 Å². The summed E-state index contributed by atoms with van der Waals surface area (Å²) in [5.74, 6) is 1.25. The van der Waals surface area contributed by atoms with E-state index < -0.39 is 0 Å². The van der Waals surface area contributed by atoms with Crippen LogP contribution in [-0.2, 0) is 11.3 Å². The van der Waals surface area contributed by atoms with E-state index in [1.165, 1.54) is 12.8 Å². The van der Waals surface area contributed by atoms with E-state index in [9.17, 15) is 9.59 Å². The van der Waals surface area contributed by atoms with Gasteiger partial charge in [-0.1, -0.05) is 12.8 Å². The lowest BCUT2D eigenvalue weighted by molar-refractivity contribution is -0.129. The highest BCUT2D eigenvalue weighted by atomic mass is 16.3. The van der Waals surface area contributed by atoms with Gasteiger partial charge in [-0.05, 0) is 44.7 Å². The summed E-state index contributed by atoms with van der Waals surface area (Å²) in [4.78, 5) is 29.3. The zero-order valence-electron chi connectivity index (χ0n) is 16.4. The van der Waals surface area contributed by atoms with Crippen molar-refractivity contribution in [3.63, 3.8) is 0 Å². The molecule has 2 N–H and O–H groups in total. The molecule has 1 aliphatic heterocycles. The number of carbonyl (C=O) groups excluding carboxylic acids is 2. The summed E-state index contributed by atoms with van der Waals surface area (Å²) in [6.07, 6.45) is 6.23. The number of hydrogen-bond donors (Lipinski definition) is 2. The predicted octanol–water partition coefficient (Wildman–Crippen LogP) is 2.19. The molecule has 1 atom stereocenters. The van der Waals surface area contributed by atoms with Gasteiger partial charge in [-0.3, -0.25) is 9.69 Å². The third-order valence-corrected chi connectivity index (χ3v) is 5.54. The van der Waals surface area contributed by atoms with Gasteiger partial charge in [0.25, 0.3) is 0 Å². The average molecular weight is 377 g/mol. The minimum absolute atomic E-state index is 0.00987. The first-order valence-corrected chi connectivity index (χ1v) is 10.1. The highest BCUT2D eigenvalue weighted by Gasteiger charge is 2.37. The van der Waals surface area contributed by atoms with Gasteiger partial charge in [0.2, 0.25) is 5.91 Å². The molecule has 1 saturated carbocycles. The van der Waals surface area contributed by atoms with Crippen molar-refractivity contribution in [3.8, 4) is 0 Å². The molecule has 0 aromatic carbocycles. The Morgan fingerprint density at radius 3 is 2.48 bits per heavy atom. The van der Waals surface area contributed by atoms with Crippen LogP contribution in [0.15, 0.2) is 22.8 Å². The third kappa shape index (κ3) is 5.25. The summed E-state index contributed by atoms with van der Waals surface area (Å²) in [5, 5.41) is 6.00. The molecule has 1 aromatic rings. The zero-order chi connectivity index (χ0) is 19.2. The van der Waals surface area contributed by atoms with Gasteiger partial charge < -0.3 is 20.0 Å². The monoisotopic (exact) mass is 376 g/mol. The van der Waals surface area contributed by atoms with Crippen LogP contribution < -0.4 is 10.6 Å². The lowest BCUT2D eigenvalue weighted by Crippen LogP contribution is -2.59. The standard InChI is InChI=1S/C20H32N4O3/c1-15(2)22-20(26)24-11-9-23(10-12-24)18(16-6-3-4-7-16)19(25)21-14-17-8-5-13-27-17/h5,8,13,15-16,18H,3-4,6-7,9-12,14H2,1-2H3,(H,21,25)(H,22,26)/t18-/m0/s1. The number of carbonyl (C=O) groups is 2. The third-order valence-electron chi connectivity index (χ3n) is 5.54. The molecule has 3 amide bonds. The van der Waals surface area contributed by atoms with Crippen LogP contribution in [0.5, 0.6) is 0 Å². The summed E-state index contributed by atoms with van der Waals surface area (Å²) in [5.41, 5.74) is 0. The lowest BCUT2D eigenvalue weighted by Gasteiger charge is -2.40. The van der Waals surface area contributed by atoms with Crippen LogP contribution in [0.25, 0.3) is 0 Å². The SMILES string of the molecule is CC(C)NC(=O)N1CCN([C@H](C(=O)NCc2ccco2)C2CCCC2)CC1. The van der Waals surface area contributed by atoms with E-state index >= 15 is 0 Å². The molecule has 7 heteroatoms. The van der Waals surface area contributed by atoms with Crippen molar-refractivity contribution in [2.75, 3.05) is 26.2 Å². The Balaban J connectivity index is 1.58. The lowest BCUT2D eigenvalue weighted by atomic mass is 9.95. The number of nitrogens with one attached hydrogen (secondary N) is 2. The van der Waals surface area contributed by atoms with E-state index in [0.29, 0.717) is 25.6 Å². The van der Waals surface area contributed by atoms with Gasteiger partial charge in [-0.15, -0.1) is 0 Å². The second kappa shape index (κ2) is 9.26. The van der Waals surface area contributed by atoms with Crippen LogP contribution in [-0.4, -0.2) is 60.0 Å². The number of furan rings is 1. The Labute approximate surface area is 161 Å². The van der Waals surface area contributed by atoms with Crippen LogP contribution in [0.1, 0.15) is 45.3 Å². The zero-order valence-corrected chi connectivity index (χ0v) is 16.4. The van der Waals surface area contributed by atoms with Gasteiger partial charge in [0.1, 0.15) is 5.76 Å². The molecule has 3 rings (SSSR count). The largest absolute Gasteiger partial charge is 0.467 e. The molecule has 0 spiro atoms. The minimum Gasteiger partial charge on any atom is -0.467 e. The maximum absolute atomic E-state index is 13.0. The molecule has 2 heterocycles. The van der Waals surface area contributed by atoms with Crippen molar-refractivity contribution >= 4 is 11.9 Å². The maximum Gasteiger partial charge on any atom is 0.317 e. The molecule has 1 saturated heterocycles. The maximum atomic E-state index is 13.0. The fourth-order valence-corrected chi connectivity index (χ4v) is 4.18. The molecule has 1 aliphatic carbocycles. The molecule has 0 bridgehead atoms. The van der Waals surface area contributed by atoms with Gasteiger partial charge in [0, 0.05) is 32.2 Å². The second-order valence-electron chi connectivity index (χ2n) is 7.91. The number of nitrogens with zero attached hydrogens (tertiary/aromatic N) is 2. The molecule has 27 heavy (non-hydrogen) atoms. The van der Waals surface area contributed by atoms with E-state index in [-0.39, 0.29) is 24.0 Å². The molecule has 2 fully saturated rings. The Bertz CT molecular complexity index is 603. The van der Waals surface area contributed by atoms with Gasteiger partial charge in [0.15, 0.2) is 0 Å². The Kier molecular flexibility index (Phi) is 6.77. The summed E-state index contributed by atoms with van der Waals surface area (Å²) in [7, 11) is 0. The molecule has 7 nitrogen and oxygen atoms in total. The predicted molar refractivity (Wildman–Crippen MR) is 103 cm³/mol. The Morgan fingerprint density at radius 2 is 1.89 bits per heavy atom. The second-order valence-corrected chi connectivity index (χ2v) is 7.91. The fourth-order valence-electron chi connectivity index (χ4n) is 4.18.